The summed E-state index contributed by atoms with van der Waals surface area (Å²) in [4.78, 5) is 16.9. The third-order valence-electron chi connectivity index (χ3n) is 5.11. The van der Waals surface area contributed by atoms with Gasteiger partial charge in [-0.3, -0.25) is 9.78 Å². The highest BCUT2D eigenvalue weighted by molar-refractivity contribution is 6.33. The smallest absolute Gasteiger partial charge is 0.270 e. The molecule has 0 fully saturated rings. The van der Waals surface area contributed by atoms with Crippen molar-refractivity contribution in [3.8, 4) is 5.69 Å². The summed E-state index contributed by atoms with van der Waals surface area (Å²) in [5, 5.41) is 8.18. The zero-order valence-electron chi connectivity index (χ0n) is 16.0. The van der Waals surface area contributed by atoms with Gasteiger partial charge >= 0.3 is 0 Å². The first kappa shape index (κ1) is 18.7. The molecule has 0 bridgehead atoms. The molecule has 4 rings (SSSR count). The minimum absolute atomic E-state index is 0.231. The molecular weight excluding hydrogens is 376 g/mol. The first-order valence-corrected chi connectivity index (χ1v) is 9.47. The van der Waals surface area contributed by atoms with E-state index in [4.69, 9.17) is 16.3 Å². The molecule has 0 unspecified atom stereocenters. The number of amides is 1. The van der Waals surface area contributed by atoms with Crippen LogP contribution in [0.25, 0.3) is 5.69 Å². The molecular formula is C21H21ClN4O2. The number of aromatic nitrogens is 3. The highest BCUT2D eigenvalue weighted by atomic mass is 35.5. The number of ether oxygens (including phenoxy) is 1. The maximum atomic E-state index is 12.7. The second kappa shape index (κ2) is 7.37. The summed E-state index contributed by atoms with van der Waals surface area (Å²) in [7, 11) is 0. The van der Waals surface area contributed by atoms with Crippen LogP contribution in [0.3, 0.4) is 0 Å². The van der Waals surface area contributed by atoms with Gasteiger partial charge in [0.15, 0.2) is 0 Å². The van der Waals surface area contributed by atoms with E-state index in [0.29, 0.717) is 23.9 Å². The molecule has 0 saturated heterocycles. The fourth-order valence-corrected chi connectivity index (χ4v) is 3.49. The number of aryl methyl sites for hydroxylation is 3. The average Bonchev–Trinajstić information content (AvgIpc) is 3.11. The molecule has 0 radical (unpaired) electrons. The average molecular weight is 397 g/mol. The molecule has 1 aliphatic heterocycles. The predicted octanol–water partition coefficient (Wildman–Crippen LogP) is 3.85. The number of rotatable bonds is 3. The number of hydrogen-bond donors (Lipinski definition) is 1. The van der Waals surface area contributed by atoms with Crippen LogP contribution < -0.4 is 5.32 Å². The molecule has 1 atom stereocenters. The summed E-state index contributed by atoms with van der Waals surface area (Å²) in [6.07, 6.45) is 3.49. The van der Waals surface area contributed by atoms with E-state index in [0.717, 1.165) is 33.6 Å². The van der Waals surface area contributed by atoms with Crippen LogP contribution in [0.5, 0.6) is 0 Å². The zero-order valence-corrected chi connectivity index (χ0v) is 16.7. The lowest BCUT2D eigenvalue weighted by Crippen LogP contribution is -2.34. The van der Waals surface area contributed by atoms with Crippen molar-refractivity contribution in [1.82, 2.24) is 20.1 Å². The third-order valence-corrected chi connectivity index (χ3v) is 5.60. The van der Waals surface area contributed by atoms with E-state index in [2.05, 4.69) is 15.4 Å². The van der Waals surface area contributed by atoms with Gasteiger partial charge in [0, 0.05) is 11.8 Å². The Kier molecular flexibility index (Phi) is 4.91. The van der Waals surface area contributed by atoms with Crippen LogP contribution in [0.4, 0.5) is 0 Å². The van der Waals surface area contributed by atoms with Crippen LogP contribution in [-0.2, 0) is 11.3 Å². The van der Waals surface area contributed by atoms with Crippen molar-refractivity contribution in [2.24, 2.45) is 0 Å². The summed E-state index contributed by atoms with van der Waals surface area (Å²) in [6, 6.07) is 7.32. The van der Waals surface area contributed by atoms with Crippen LogP contribution >= 0.6 is 11.6 Å². The highest BCUT2D eigenvalue weighted by Gasteiger charge is 2.28. The number of carbonyl (C=O) groups is 1. The van der Waals surface area contributed by atoms with Gasteiger partial charge in [-0.1, -0.05) is 23.7 Å². The van der Waals surface area contributed by atoms with E-state index in [-0.39, 0.29) is 11.9 Å². The summed E-state index contributed by atoms with van der Waals surface area (Å²) in [6.45, 7) is 6.68. The molecule has 0 aliphatic carbocycles. The molecule has 1 aliphatic rings. The standard InChI is InChI=1S/C21H21ClN4O2/c1-12-5-4-6-18(20(12)22)26-19-11-28-10-17(15(19)9-24-26)25-21(27)16-7-13(2)14(3)8-23-16/h4-9,17H,10-11H2,1-3H3,(H,25,27)/t17-/m0/s1. The highest BCUT2D eigenvalue weighted by Crippen LogP contribution is 2.30. The molecule has 7 heteroatoms. The van der Waals surface area contributed by atoms with Gasteiger partial charge in [-0.2, -0.15) is 5.10 Å². The number of hydrogen-bond acceptors (Lipinski definition) is 4. The van der Waals surface area contributed by atoms with Crippen LogP contribution in [0.2, 0.25) is 5.02 Å². The Labute approximate surface area is 168 Å². The number of fused-ring (bicyclic) bond motifs is 1. The molecule has 0 spiro atoms. The quantitative estimate of drug-likeness (QED) is 0.730. The van der Waals surface area contributed by atoms with E-state index in [1.165, 1.54) is 0 Å². The van der Waals surface area contributed by atoms with Gasteiger partial charge in [0.2, 0.25) is 0 Å². The normalized spacial score (nSPS) is 15.9. The van der Waals surface area contributed by atoms with Gasteiger partial charge < -0.3 is 10.1 Å². The molecule has 3 heterocycles. The van der Waals surface area contributed by atoms with Crippen LogP contribution in [-0.4, -0.2) is 27.3 Å². The van der Waals surface area contributed by atoms with Gasteiger partial charge in [-0.05, 0) is 49.6 Å². The molecule has 3 aromatic rings. The van der Waals surface area contributed by atoms with Crippen LogP contribution in [0.1, 0.15) is 44.5 Å². The van der Waals surface area contributed by atoms with Crippen molar-refractivity contribution in [2.75, 3.05) is 6.61 Å². The number of halogens is 1. The first-order valence-electron chi connectivity index (χ1n) is 9.10. The van der Waals surface area contributed by atoms with E-state index in [9.17, 15) is 4.79 Å². The Hall–Kier alpha value is -2.70. The fraction of sp³-hybridized carbons (Fsp3) is 0.286. The van der Waals surface area contributed by atoms with Gasteiger partial charge in [0.25, 0.3) is 5.91 Å². The third kappa shape index (κ3) is 3.30. The Morgan fingerprint density at radius 2 is 2.04 bits per heavy atom. The van der Waals surface area contributed by atoms with E-state index < -0.39 is 0 Å². The number of carbonyl (C=O) groups excluding carboxylic acids is 1. The van der Waals surface area contributed by atoms with Crippen molar-refractivity contribution in [3.05, 3.63) is 75.3 Å². The lowest BCUT2D eigenvalue weighted by atomic mass is 10.1. The SMILES string of the molecule is Cc1cnc(C(=O)N[C@H]2COCc3c2cnn3-c2cccc(C)c2Cl)cc1C. The zero-order chi connectivity index (χ0) is 19.8. The van der Waals surface area contributed by atoms with Gasteiger partial charge in [-0.25, -0.2) is 4.68 Å². The number of nitrogens with one attached hydrogen (secondary N) is 1. The minimum atomic E-state index is -0.294. The first-order chi connectivity index (χ1) is 13.5. The molecule has 6 nitrogen and oxygen atoms in total. The molecule has 1 N–H and O–H groups in total. The second-order valence-electron chi connectivity index (χ2n) is 7.06. The summed E-state index contributed by atoms with van der Waals surface area (Å²) >= 11 is 6.48. The topological polar surface area (TPSA) is 69.0 Å². The monoisotopic (exact) mass is 396 g/mol. The van der Waals surface area contributed by atoms with Crippen molar-refractivity contribution in [3.63, 3.8) is 0 Å². The maximum absolute atomic E-state index is 12.7. The van der Waals surface area contributed by atoms with E-state index in [1.807, 2.05) is 39.0 Å². The van der Waals surface area contributed by atoms with Crippen LogP contribution in [0, 0.1) is 20.8 Å². The minimum Gasteiger partial charge on any atom is -0.373 e. The van der Waals surface area contributed by atoms with Crippen LogP contribution in [0.15, 0.2) is 36.7 Å². The van der Waals surface area contributed by atoms with Gasteiger partial charge in [0.05, 0.1) is 41.9 Å². The summed E-state index contributed by atoms with van der Waals surface area (Å²) in [5.41, 5.74) is 6.07. The van der Waals surface area contributed by atoms with E-state index in [1.54, 1.807) is 23.1 Å². The van der Waals surface area contributed by atoms with Gasteiger partial charge in [-0.15, -0.1) is 0 Å². The van der Waals surface area contributed by atoms with Crippen molar-refractivity contribution in [1.29, 1.82) is 0 Å². The van der Waals surface area contributed by atoms with Gasteiger partial charge in [0.1, 0.15) is 5.69 Å². The molecule has 144 valence electrons. The number of benzene rings is 1. The Bertz CT molecular complexity index is 1060. The Morgan fingerprint density at radius 1 is 1.21 bits per heavy atom. The molecule has 28 heavy (non-hydrogen) atoms. The molecule has 1 amide bonds. The Balaban J connectivity index is 1.63. The van der Waals surface area contributed by atoms with E-state index >= 15 is 0 Å². The predicted molar refractivity (Wildman–Crippen MR) is 107 cm³/mol. The second-order valence-corrected chi connectivity index (χ2v) is 7.44. The lowest BCUT2D eigenvalue weighted by molar-refractivity contribution is 0.0684. The molecule has 1 aromatic carbocycles. The Morgan fingerprint density at radius 3 is 2.82 bits per heavy atom. The molecule has 0 saturated carbocycles. The summed E-state index contributed by atoms with van der Waals surface area (Å²) < 4.78 is 7.53. The largest absolute Gasteiger partial charge is 0.373 e. The maximum Gasteiger partial charge on any atom is 0.270 e. The van der Waals surface area contributed by atoms with Crippen molar-refractivity contribution < 1.29 is 9.53 Å². The van der Waals surface area contributed by atoms with Crippen molar-refractivity contribution >= 4 is 17.5 Å². The van der Waals surface area contributed by atoms with Crippen molar-refractivity contribution in [2.45, 2.75) is 33.4 Å². The number of nitrogens with zero attached hydrogens (tertiary/aromatic N) is 3. The number of pyridine rings is 1. The lowest BCUT2D eigenvalue weighted by Gasteiger charge is -2.24. The fourth-order valence-electron chi connectivity index (χ4n) is 3.29. The molecule has 2 aromatic heterocycles. The summed E-state index contributed by atoms with van der Waals surface area (Å²) in [5.74, 6) is -0.231.